The Morgan fingerprint density at radius 2 is 1.65 bits per heavy atom. The van der Waals surface area contributed by atoms with Gasteiger partial charge in [-0.25, -0.2) is 0 Å². The van der Waals surface area contributed by atoms with Gasteiger partial charge in [0.1, 0.15) is 5.75 Å². The lowest BCUT2D eigenvalue weighted by Crippen LogP contribution is -2.21. The number of nitrogens with zero attached hydrogens (tertiary/aromatic N) is 1. The average molecular weight is 329 g/mol. The molecule has 0 amide bonds. The maximum atomic E-state index is 10.6. The molecule has 0 bridgehead atoms. The number of phenols is 1. The number of aromatic hydroxyl groups is 1. The van der Waals surface area contributed by atoms with Crippen LogP contribution in [0, 0.1) is 13.8 Å². The van der Waals surface area contributed by atoms with Crippen LogP contribution in [0.25, 0.3) is 0 Å². The Balaban J connectivity index is 2.55. The zero-order valence-electron chi connectivity index (χ0n) is 15.3. The molecule has 0 heterocycles. The van der Waals surface area contributed by atoms with Crippen LogP contribution >= 0.6 is 8.58 Å². The first-order valence-corrected chi connectivity index (χ1v) is 8.99. The fraction of sp³-hybridized carbons (Fsp3) is 0.400. The van der Waals surface area contributed by atoms with E-state index in [-0.39, 0.29) is 5.41 Å². The van der Waals surface area contributed by atoms with Gasteiger partial charge in [0.25, 0.3) is 0 Å². The molecule has 0 aliphatic rings. The Morgan fingerprint density at radius 3 is 2.22 bits per heavy atom. The third-order valence-corrected chi connectivity index (χ3v) is 5.71. The molecule has 0 radical (unpaired) electrons. The Labute approximate surface area is 142 Å². The minimum absolute atomic E-state index is 0.0772. The summed E-state index contributed by atoms with van der Waals surface area (Å²) in [5.41, 5.74) is 4.80. The van der Waals surface area contributed by atoms with E-state index in [1.807, 2.05) is 6.92 Å². The predicted molar refractivity (Wildman–Crippen MR) is 105 cm³/mol. The molecule has 23 heavy (non-hydrogen) atoms. The molecule has 2 rings (SSSR count). The standard InChI is InChI=1S/C20H28NOP/c1-13-9-8-10-16(21(6)7)19(13)23-17-12-15(20(3,4)5)11-14(2)18(17)22/h8-12,22-23H,1-7H3. The average Bonchev–Trinajstić information content (AvgIpc) is 2.44. The second-order valence-electron chi connectivity index (χ2n) is 7.43. The summed E-state index contributed by atoms with van der Waals surface area (Å²) in [5.74, 6) is 0.435. The Bertz CT molecular complexity index is 714. The van der Waals surface area contributed by atoms with Gasteiger partial charge < -0.3 is 10.0 Å². The number of anilines is 1. The summed E-state index contributed by atoms with van der Waals surface area (Å²) >= 11 is 0. The summed E-state index contributed by atoms with van der Waals surface area (Å²) in [5, 5.41) is 12.9. The molecule has 1 unspecified atom stereocenters. The van der Waals surface area contributed by atoms with Crippen LogP contribution in [0.2, 0.25) is 0 Å². The van der Waals surface area contributed by atoms with Crippen molar-refractivity contribution in [3.05, 3.63) is 47.0 Å². The van der Waals surface area contributed by atoms with Crippen molar-refractivity contribution in [2.24, 2.45) is 0 Å². The fourth-order valence-electron chi connectivity index (χ4n) is 2.63. The van der Waals surface area contributed by atoms with Crippen molar-refractivity contribution in [2.75, 3.05) is 19.0 Å². The Morgan fingerprint density at radius 1 is 1.00 bits per heavy atom. The van der Waals surface area contributed by atoms with E-state index < -0.39 is 0 Å². The van der Waals surface area contributed by atoms with E-state index in [0.717, 1.165) is 10.9 Å². The molecule has 0 aliphatic heterocycles. The lowest BCUT2D eigenvalue weighted by Gasteiger charge is -2.23. The van der Waals surface area contributed by atoms with E-state index in [9.17, 15) is 5.11 Å². The number of hydrogen-bond donors (Lipinski definition) is 1. The molecule has 0 saturated carbocycles. The van der Waals surface area contributed by atoms with Gasteiger partial charge in [-0.2, -0.15) is 0 Å². The topological polar surface area (TPSA) is 23.5 Å². The molecule has 0 saturated heterocycles. The van der Waals surface area contributed by atoms with Crippen LogP contribution in [0.3, 0.4) is 0 Å². The van der Waals surface area contributed by atoms with E-state index in [2.05, 4.69) is 77.0 Å². The van der Waals surface area contributed by atoms with Gasteiger partial charge in [0.15, 0.2) is 0 Å². The van der Waals surface area contributed by atoms with Crippen LogP contribution in [-0.2, 0) is 5.41 Å². The quantitative estimate of drug-likeness (QED) is 0.860. The van der Waals surface area contributed by atoms with E-state index in [1.54, 1.807) is 0 Å². The minimum atomic E-state index is 0.0772. The summed E-state index contributed by atoms with van der Waals surface area (Å²) in [6.07, 6.45) is 0. The van der Waals surface area contributed by atoms with Gasteiger partial charge >= 0.3 is 0 Å². The Kier molecular flexibility index (Phi) is 5.06. The highest BCUT2D eigenvalue weighted by Gasteiger charge is 2.19. The van der Waals surface area contributed by atoms with Crippen molar-refractivity contribution in [2.45, 2.75) is 40.0 Å². The highest BCUT2D eigenvalue weighted by molar-refractivity contribution is 7.56. The number of aryl methyl sites for hydroxylation is 2. The van der Waals surface area contributed by atoms with E-state index in [1.165, 1.54) is 22.1 Å². The number of rotatable bonds is 3. The smallest absolute Gasteiger partial charge is 0.126 e. The van der Waals surface area contributed by atoms with Gasteiger partial charge in [-0.1, -0.05) is 47.6 Å². The number of benzene rings is 2. The number of phenolic OH excluding ortho intramolecular Hbond substituents is 1. The van der Waals surface area contributed by atoms with Crippen molar-refractivity contribution in [1.29, 1.82) is 0 Å². The Hall–Kier alpha value is -1.53. The first-order chi connectivity index (χ1) is 10.6. The van der Waals surface area contributed by atoms with Crippen LogP contribution in [0.5, 0.6) is 5.75 Å². The molecule has 3 heteroatoms. The highest BCUT2D eigenvalue weighted by atomic mass is 31.1. The van der Waals surface area contributed by atoms with Crippen molar-refractivity contribution < 1.29 is 5.11 Å². The van der Waals surface area contributed by atoms with Crippen molar-refractivity contribution in [1.82, 2.24) is 0 Å². The maximum absolute atomic E-state index is 10.6. The van der Waals surface area contributed by atoms with E-state index >= 15 is 0 Å². The van der Waals surface area contributed by atoms with E-state index in [0.29, 0.717) is 14.3 Å². The maximum Gasteiger partial charge on any atom is 0.126 e. The molecular weight excluding hydrogens is 301 g/mol. The molecule has 1 N–H and O–H groups in total. The zero-order valence-corrected chi connectivity index (χ0v) is 16.3. The molecule has 124 valence electrons. The first-order valence-electron chi connectivity index (χ1n) is 7.99. The molecule has 0 spiro atoms. The SMILES string of the molecule is Cc1cc(C(C)(C)C)cc(Pc2c(C)cccc2N(C)C)c1O. The predicted octanol–water partition coefficient (Wildman–Crippen LogP) is 4.00. The van der Waals surface area contributed by atoms with Crippen LogP contribution in [0.15, 0.2) is 30.3 Å². The second-order valence-corrected chi connectivity index (χ2v) is 8.72. The monoisotopic (exact) mass is 329 g/mol. The normalized spacial score (nSPS) is 12.1. The largest absolute Gasteiger partial charge is 0.507 e. The molecule has 0 aliphatic carbocycles. The molecule has 2 aromatic rings. The zero-order chi connectivity index (χ0) is 17.4. The lowest BCUT2D eigenvalue weighted by atomic mass is 9.86. The highest BCUT2D eigenvalue weighted by Crippen LogP contribution is 2.31. The van der Waals surface area contributed by atoms with Crippen LogP contribution < -0.4 is 15.5 Å². The summed E-state index contributed by atoms with van der Waals surface area (Å²) < 4.78 is 0. The summed E-state index contributed by atoms with van der Waals surface area (Å²) in [4.78, 5) is 2.15. The molecular formula is C20H28NOP. The van der Waals surface area contributed by atoms with Crippen LogP contribution in [0.1, 0.15) is 37.5 Å². The van der Waals surface area contributed by atoms with Gasteiger partial charge in [-0.3, -0.25) is 0 Å². The van der Waals surface area contributed by atoms with Crippen LogP contribution in [-0.4, -0.2) is 19.2 Å². The molecule has 0 fully saturated rings. The third-order valence-electron chi connectivity index (χ3n) is 4.16. The van der Waals surface area contributed by atoms with E-state index in [4.69, 9.17) is 0 Å². The summed E-state index contributed by atoms with van der Waals surface area (Å²) in [6, 6.07) is 10.7. The minimum Gasteiger partial charge on any atom is -0.507 e. The van der Waals surface area contributed by atoms with Crippen molar-refractivity contribution >= 4 is 24.9 Å². The summed E-state index contributed by atoms with van der Waals surface area (Å²) in [6.45, 7) is 10.8. The lowest BCUT2D eigenvalue weighted by molar-refractivity contribution is 0.474. The van der Waals surface area contributed by atoms with Crippen LogP contribution in [0.4, 0.5) is 5.69 Å². The third kappa shape index (κ3) is 3.87. The van der Waals surface area contributed by atoms with Gasteiger partial charge in [0, 0.05) is 30.4 Å². The van der Waals surface area contributed by atoms with Gasteiger partial charge in [-0.05, 0) is 48.1 Å². The fourth-order valence-corrected chi connectivity index (χ4v) is 4.16. The van der Waals surface area contributed by atoms with Crippen molar-refractivity contribution in [3.63, 3.8) is 0 Å². The first kappa shape index (κ1) is 17.8. The summed E-state index contributed by atoms with van der Waals surface area (Å²) in [7, 11) is 4.58. The molecule has 2 nitrogen and oxygen atoms in total. The molecule has 2 aromatic carbocycles. The molecule has 0 aromatic heterocycles. The number of hydrogen-bond acceptors (Lipinski definition) is 2. The van der Waals surface area contributed by atoms with Crippen molar-refractivity contribution in [3.8, 4) is 5.75 Å². The van der Waals surface area contributed by atoms with Gasteiger partial charge in [-0.15, -0.1) is 0 Å². The molecule has 1 atom stereocenters. The van der Waals surface area contributed by atoms with Gasteiger partial charge in [0.2, 0.25) is 0 Å². The van der Waals surface area contributed by atoms with Gasteiger partial charge in [0.05, 0.1) is 0 Å². The second kappa shape index (κ2) is 6.53.